The van der Waals surface area contributed by atoms with Gasteiger partial charge in [-0.25, -0.2) is 0 Å². The van der Waals surface area contributed by atoms with Gasteiger partial charge in [0.1, 0.15) is 0 Å². The van der Waals surface area contributed by atoms with E-state index in [2.05, 4.69) is 10.6 Å². The fourth-order valence-electron chi connectivity index (χ4n) is 0.840. The van der Waals surface area contributed by atoms with Gasteiger partial charge in [0.05, 0.1) is 0 Å². The summed E-state index contributed by atoms with van der Waals surface area (Å²) in [5.74, 6) is -0.268. The SMILES string of the molecule is CNC(=O)CCNCCCC(N)=O. The summed E-state index contributed by atoms with van der Waals surface area (Å²) in [6.45, 7) is 1.36. The van der Waals surface area contributed by atoms with Crippen molar-refractivity contribution < 1.29 is 9.59 Å². The van der Waals surface area contributed by atoms with Gasteiger partial charge in [0.2, 0.25) is 11.8 Å². The minimum absolute atomic E-state index is 0.0161. The number of primary amides is 1. The summed E-state index contributed by atoms with van der Waals surface area (Å²) in [6.07, 6.45) is 1.59. The molecule has 0 heterocycles. The van der Waals surface area contributed by atoms with Crippen molar-refractivity contribution in [1.82, 2.24) is 10.6 Å². The molecule has 4 N–H and O–H groups in total. The molecular weight excluding hydrogens is 170 g/mol. The van der Waals surface area contributed by atoms with Crippen LogP contribution in [0.15, 0.2) is 0 Å². The third kappa shape index (κ3) is 8.81. The Morgan fingerprint density at radius 2 is 1.92 bits per heavy atom. The van der Waals surface area contributed by atoms with Gasteiger partial charge in [-0.05, 0) is 13.0 Å². The first kappa shape index (κ1) is 11.9. The molecule has 0 saturated heterocycles. The lowest BCUT2D eigenvalue weighted by molar-refractivity contribution is -0.120. The maximum Gasteiger partial charge on any atom is 0.221 e. The Morgan fingerprint density at radius 1 is 1.23 bits per heavy atom. The van der Waals surface area contributed by atoms with Crippen LogP contribution in [0.4, 0.5) is 0 Å². The van der Waals surface area contributed by atoms with E-state index in [-0.39, 0.29) is 11.8 Å². The second kappa shape index (κ2) is 7.54. The molecule has 0 aliphatic carbocycles. The van der Waals surface area contributed by atoms with Crippen LogP contribution in [0.25, 0.3) is 0 Å². The molecule has 0 bridgehead atoms. The average Bonchev–Trinajstić information content (AvgIpc) is 2.10. The van der Waals surface area contributed by atoms with E-state index >= 15 is 0 Å². The van der Waals surface area contributed by atoms with Gasteiger partial charge in [-0.2, -0.15) is 0 Å². The quantitative estimate of drug-likeness (QED) is 0.446. The Morgan fingerprint density at radius 3 is 2.46 bits per heavy atom. The van der Waals surface area contributed by atoms with Crippen LogP contribution in [0, 0.1) is 0 Å². The fraction of sp³-hybridized carbons (Fsp3) is 0.750. The number of amides is 2. The third-order valence-corrected chi connectivity index (χ3v) is 1.58. The van der Waals surface area contributed by atoms with E-state index in [4.69, 9.17) is 5.73 Å². The molecule has 0 aliphatic rings. The molecule has 0 radical (unpaired) electrons. The van der Waals surface area contributed by atoms with Crippen LogP contribution < -0.4 is 16.4 Å². The fourth-order valence-corrected chi connectivity index (χ4v) is 0.840. The van der Waals surface area contributed by atoms with Crippen molar-refractivity contribution >= 4 is 11.8 Å². The minimum atomic E-state index is -0.284. The molecular formula is C8H17N3O2. The molecule has 0 aromatic carbocycles. The summed E-state index contributed by atoms with van der Waals surface area (Å²) < 4.78 is 0. The largest absolute Gasteiger partial charge is 0.370 e. The minimum Gasteiger partial charge on any atom is -0.370 e. The van der Waals surface area contributed by atoms with Crippen LogP contribution in [0.3, 0.4) is 0 Å². The maximum absolute atomic E-state index is 10.7. The Labute approximate surface area is 78.1 Å². The molecule has 0 fully saturated rings. The molecule has 13 heavy (non-hydrogen) atoms. The van der Waals surface area contributed by atoms with E-state index in [1.165, 1.54) is 0 Å². The van der Waals surface area contributed by atoms with Crippen molar-refractivity contribution in [3.05, 3.63) is 0 Å². The van der Waals surface area contributed by atoms with Crippen molar-refractivity contribution in [3.63, 3.8) is 0 Å². The number of nitrogens with two attached hydrogens (primary N) is 1. The number of rotatable bonds is 7. The summed E-state index contributed by atoms with van der Waals surface area (Å²) in [4.78, 5) is 21.0. The molecule has 0 atom stereocenters. The maximum atomic E-state index is 10.7. The van der Waals surface area contributed by atoms with Gasteiger partial charge >= 0.3 is 0 Å². The predicted octanol–water partition coefficient (Wildman–Crippen LogP) is -1.02. The summed E-state index contributed by atoms with van der Waals surface area (Å²) in [5, 5.41) is 5.56. The highest BCUT2D eigenvalue weighted by atomic mass is 16.1. The molecule has 5 nitrogen and oxygen atoms in total. The van der Waals surface area contributed by atoms with Gasteiger partial charge in [0, 0.05) is 26.4 Å². The Hall–Kier alpha value is -1.10. The van der Waals surface area contributed by atoms with Crippen LogP contribution in [0.1, 0.15) is 19.3 Å². The zero-order valence-electron chi connectivity index (χ0n) is 7.93. The molecule has 0 spiro atoms. The Balaban J connectivity index is 3.08. The molecule has 0 unspecified atom stereocenters. The number of hydrogen-bond acceptors (Lipinski definition) is 3. The first-order valence-electron chi connectivity index (χ1n) is 4.36. The van der Waals surface area contributed by atoms with Crippen molar-refractivity contribution in [2.24, 2.45) is 5.73 Å². The Bertz CT molecular complexity index is 171. The lowest BCUT2D eigenvalue weighted by atomic mass is 10.3. The van der Waals surface area contributed by atoms with E-state index < -0.39 is 0 Å². The third-order valence-electron chi connectivity index (χ3n) is 1.58. The number of nitrogens with one attached hydrogen (secondary N) is 2. The predicted molar refractivity (Wildman–Crippen MR) is 50.0 cm³/mol. The highest BCUT2D eigenvalue weighted by Gasteiger charge is 1.97. The highest BCUT2D eigenvalue weighted by molar-refractivity contribution is 5.75. The van der Waals surface area contributed by atoms with Crippen LogP contribution in [-0.4, -0.2) is 32.0 Å². The molecule has 0 rings (SSSR count). The molecule has 5 heteroatoms. The number of hydrogen-bond donors (Lipinski definition) is 3. The highest BCUT2D eigenvalue weighted by Crippen LogP contribution is 1.84. The van der Waals surface area contributed by atoms with Gasteiger partial charge in [-0.15, -0.1) is 0 Å². The van der Waals surface area contributed by atoms with Crippen LogP contribution in [0.5, 0.6) is 0 Å². The van der Waals surface area contributed by atoms with Gasteiger partial charge in [0.15, 0.2) is 0 Å². The molecule has 0 saturated carbocycles. The zero-order valence-corrected chi connectivity index (χ0v) is 7.93. The second-order valence-corrected chi connectivity index (χ2v) is 2.74. The average molecular weight is 187 g/mol. The topological polar surface area (TPSA) is 84.2 Å². The summed E-state index contributed by atoms with van der Waals surface area (Å²) in [5.41, 5.74) is 4.95. The summed E-state index contributed by atoms with van der Waals surface area (Å²) in [7, 11) is 1.61. The van der Waals surface area contributed by atoms with Crippen molar-refractivity contribution in [3.8, 4) is 0 Å². The molecule has 2 amide bonds. The van der Waals surface area contributed by atoms with Gasteiger partial charge in [0.25, 0.3) is 0 Å². The summed E-state index contributed by atoms with van der Waals surface area (Å²) >= 11 is 0. The molecule has 76 valence electrons. The van der Waals surface area contributed by atoms with E-state index in [9.17, 15) is 9.59 Å². The number of carbonyl (C=O) groups is 2. The van der Waals surface area contributed by atoms with E-state index in [1.54, 1.807) is 7.05 Å². The van der Waals surface area contributed by atoms with Crippen molar-refractivity contribution in [2.75, 3.05) is 20.1 Å². The standard InChI is InChI=1S/C8H17N3O2/c1-10-8(13)4-6-11-5-2-3-7(9)12/h11H,2-6H2,1H3,(H2,9,12)(H,10,13). The van der Waals surface area contributed by atoms with E-state index in [1.807, 2.05) is 0 Å². The Kier molecular flexibility index (Phi) is 6.91. The van der Waals surface area contributed by atoms with Crippen LogP contribution >= 0.6 is 0 Å². The monoisotopic (exact) mass is 187 g/mol. The number of carbonyl (C=O) groups excluding carboxylic acids is 2. The van der Waals surface area contributed by atoms with Crippen LogP contribution in [0.2, 0.25) is 0 Å². The normalized spacial score (nSPS) is 9.62. The molecule has 0 aromatic rings. The van der Waals surface area contributed by atoms with Gasteiger partial charge in [-0.1, -0.05) is 0 Å². The second-order valence-electron chi connectivity index (χ2n) is 2.74. The van der Waals surface area contributed by atoms with E-state index in [0.29, 0.717) is 19.4 Å². The summed E-state index contributed by atoms with van der Waals surface area (Å²) in [6, 6.07) is 0. The molecule has 0 aliphatic heterocycles. The first-order chi connectivity index (χ1) is 6.16. The lowest BCUT2D eigenvalue weighted by Gasteiger charge is -2.02. The smallest absolute Gasteiger partial charge is 0.221 e. The van der Waals surface area contributed by atoms with Gasteiger partial charge < -0.3 is 16.4 Å². The first-order valence-corrected chi connectivity index (χ1v) is 4.36. The van der Waals surface area contributed by atoms with Crippen LogP contribution in [-0.2, 0) is 9.59 Å². The van der Waals surface area contributed by atoms with Gasteiger partial charge in [-0.3, -0.25) is 9.59 Å². The zero-order chi connectivity index (χ0) is 10.1. The van der Waals surface area contributed by atoms with Crippen molar-refractivity contribution in [2.45, 2.75) is 19.3 Å². The van der Waals surface area contributed by atoms with Crippen molar-refractivity contribution in [1.29, 1.82) is 0 Å². The molecule has 0 aromatic heterocycles. The lowest BCUT2D eigenvalue weighted by Crippen LogP contribution is -2.25. The van der Waals surface area contributed by atoms with E-state index in [0.717, 1.165) is 13.0 Å².